The van der Waals surface area contributed by atoms with E-state index in [0.29, 0.717) is 17.8 Å². The highest BCUT2D eigenvalue weighted by atomic mass is 15.1. The van der Waals surface area contributed by atoms with Gasteiger partial charge in [0.25, 0.3) is 0 Å². The molecule has 2 heterocycles. The van der Waals surface area contributed by atoms with Gasteiger partial charge in [0, 0.05) is 64.3 Å². The Morgan fingerprint density at radius 3 is 2.41 bits per heavy atom. The van der Waals surface area contributed by atoms with Gasteiger partial charge in [0.2, 0.25) is 0 Å². The molecule has 4 aliphatic carbocycles. The van der Waals surface area contributed by atoms with E-state index in [1.54, 1.807) is 16.7 Å². The van der Waals surface area contributed by atoms with E-state index in [2.05, 4.69) is 201 Å². The topological polar surface area (TPSA) is 11.4 Å². The number of benzene rings is 4. The molecule has 0 bridgehead atoms. The fraction of sp³-hybridized carbons (Fsp3) is 0.245. The lowest BCUT2D eigenvalue weighted by molar-refractivity contribution is 0.512. The van der Waals surface area contributed by atoms with Crippen LogP contribution in [0, 0.1) is 23.2 Å². The number of fused-ring (bicyclic) bond motifs is 5. The predicted molar refractivity (Wildman–Crippen MR) is 237 cm³/mol. The molecule has 56 heavy (non-hydrogen) atoms. The first-order chi connectivity index (χ1) is 27.2. The monoisotopic (exact) mass is 729 g/mol. The van der Waals surface area contributed by atoms with Gasteiger partial charge in [-0.15, -0.1) is 0 Å². The Bertz CT molecular complexity index is 2600. The molecule has 0 fully saturated rings. The van der Waals surface area contributed by atoms with Crippen molar-refractivity contribution in [1.82, 2.24) is 9.47 Å². The number of rotatable bonds is 6. The summed E-state index contributed by atoms with van der Waals surface area (Å²) in [5, 5.41) is 1.32. The highest BCUT2D eigenvalue weighted by Gasteiger charge is 2.44. The Labute approximate surface area is 332 Å². The minimum Gasteiger partial charge on any atom is -0.376 e. The zero-order valence-electron chi connectivity index (χ0n) is 33.3. The second kappa shape index (κ2) is 13.4. The molecular formula is C53H51N3. The molecule has 0 saturated heterocycles. The van der Waals surface area contributed by atoms with Crippen molar-refractivity contribution in [2.45, 2.75) is 47.0 Å². The van der Waals surface area contributed by atoms with Gasteiger partial charge in [-0.1, -0.05) is 124 Å². The Morgan fingerprint density at radius 1 is 0.786 bits per heavy atom. The van der Waals surface area contributed by atoms with Crippen molar-refractivity contribution in [3.8, 4) is 5.69 Å². The molecule has 0 amide bonds. The van der Waals surface area contributed by atoms with Crippen molar-refractivity contribution in [2.24, 2.45) is 23.2 Å². The van der Waals surface area contributed by atoms with Crippen molar-refractivity contribution < 1.29 is 0 Å². The van der Waals surface area contributed by atoms with E-state index in [1.807, 2.05) is 0 Å². The second-order valence-electron chi connectivity index (χ2n) is 17.3. The molecule has 0 radical (unpaired) electrons. The van der Waals surface area contributed by atoms with Crippen molar-refractivity contribution in [3.63, 3.8) is 0 Å². The third-order valence-corrected chi connectivity index (χ3v) is 13.1. The molecule has 0 saturated carbocycles. The number of nitrogens with zero attached hydrogens (tertiary/aromatic N) is 3. The quantitative estimate of drug-likeness (QED) is 0.172. The van der Waals surface area contributed by atoms with Gasteiger partial charge in [-0.2, -0.15) is 0 Å². The summed E-state index contributed by atoms with van der Waals surface area (Å²) in [6.07, 6.45) is 22.2. The van der Waals surface area contributed by atoms with Crippen LogP contribution in [0.2, 0.25) is 0 Å². The molecule has 3 unspecified atom stereocenters. The molecule has 3 atom stereocenters. The first-order valence-corrected chi connectivity index (χ1v) is 20.6. The van der Waals surface area contributed by atoms with Crippen LogP contribution in [0.3, 0.4) is 0 Å². The highest BCUT2D eigenvalue weighted by molar-refractivity contribution is 5.99. The third-order valence-electron chi connectivity index (χ3n) is 13.1. The molecule has 0 N–H and O–H groups in total. The molecule has 3 heteroatoms. The first kappa shape index (κ1) is 34.7. The summed E-state index contributed by atoms with van der Waals surface area (Å²) < 4.78 is 2.48. The average molecular weight is 730 g/mol. The van der Waals surface area contributed by atoms with Crippen molar-refractivity contribution in [2.75, 3.05) is 18.5 Å². The van der Waals surface area contributed by atoms with Crippen molar-refractivity contribution >= 4 is 39.5 Å². The SMILES string of the molecule is CC1C=CC2=C(C1)C1CC=C(N(c3ccc(C4=Cc5c(n(-c6ccccc6)c6ccccc56)CC4C)cc3)c3cccc(C4=CC=CN(C)C4)c3)C=C1C2(C)C. The minimum absolute atomic E-state index is 0.0173. The smallest absolute Gasteiger partial charge is 0.0537 e. The third kappa shape index (κ3) is 5.70. The summed E-state index contributed by atoms with van der Waals surface area (Å²) in [5.41, 5.74) is 19.0. The Morgan fingerprint density at radius 2 is 1.59 bits per heavy atom. The molecule has 278 valence electrons. The number of hydrogen-bond acceptors (Lipinski definition) is 2. The van der Waals surface area contributed by atoms with Gasteiger partial charge >= 0.3 is 0 Å². The van der Waals surface area contributed by atoms with Crippen molar-refractivity contribution in [1.29, 1.82) is 0 Å². The number of aromatic nitrogens is 1. The van der Waals surface area contributed by atoms with E-state index in [4.69, 9.17) is 0 Å². The lowest BCUT2D eigenvalue weighted by Crippen LogP contribution is -2.23. The van der Waals surface area contributed by atoms with Gasteiger partial charge in [0.1, 0.15) is 0 Å². The van der Waals surface area contributed by atoms with Gasteiger partial charge < -0.3 is 14.4 Å². The maximum atomic E-state index is 2.54. The van der Waals surface area contributed by atoms with E-state index >= 15 is 0 Å². The summed E-state index contributed by atoms with van der Waals surface area (Å²) in [6, 6.07) is 38.3. The van der Waals surface area contributed by atoms with E-state index in [0.717, 1.165) is 19.4 Å². The maximum Gasteiger partial charge on any atom is 0.0537 e. The van der Waals surface area contributed by atoms with E-state index in [9.17, 15) is 0 Å². The summed E-state index contributed by atoms with van der Waals surface area (Å²) in [6.45, 7) is 10.5. The largest absolute Gasteiger partial charge is 0.376 e. The molecular weight excluding hydrogens is 679 g/mol. The van der Waals surface area contributed by atoms with Crippen LogP contribution in [-0.4, -0.2) is 23.1 Å². The van der Waals surface area contributed by atoms with E-state index in [-0.39, 0.29) is 5.41 Å². The molecule has 10 rings (SSSR count). The minimum atomic E-state index is 0.0173. The molecule has 0 spiro atoms. The zero-order valence-corrected chi connectivity index (χ0v) is 33.3. The molecule has 3 nitrogen and oxygen atoms in total. The van der Waals surface area contributed by atoms with Crippen LogP contribution >= 0.6 is 0 Å². The van der Waals surface area contributed by atoms with Crippen LogP contribution in [0.15, 0.2) is 168 Å². The van der Waals surface area contributed by atoms with E-state index in [1.165, 1.54) is 73.6 Å². The van der Waals surface area contributed by atoms with Crippen LogP contribution in [0.25, 0.3) is 33.8 Å². The van der Waals surface area contributed by atoms with Gasteiger partial charge in [-0.3, -0.25) is 0 Å². The number of allylic oxidation sites excluding steroid dienone is 10. The van der Waals surface area contributed by atoms with Gasteiger partial charge in [-0.25, -0.2) is 0 Å². The van der Waals surface area contributed by atoms with Gasteiger partial charge in [-0.05, 0) is 126 Å². The van der Waals surface area contributed by atoms with Gasteiger partial charge in [0.15, 0.2) is 0 Å². The number of likely N-dealkylation sites (N-methyl/N-ethyl adjacent to an activating group) is 1. The van der Waals surface area contributed by atoms with E-state index < -0.39 is 0 Å². The lowest BCUT2D eigenvalue weighted by atomic mass is 9.76. The maximum absolute atomic E-state index is 2.54. The number of hydrogen-bond donors (Lipinski definition) is 0. The van der Waals surface area contributed by atoms with Crippen LogP contribution in [0.5, 0.6) is 0 Å². The zero-order chi connectivity index (χ0) is 38.1. The summed E-state index contributed by atoms with van der Waals surface area (Å²) >= 11 is 0. The van der Waals surface area contributed by atoms with Crippen LogP contribution in [0.1, 0.15) is 62.9 Å². The Kier molecular flexibility index (Phi) is 8.33. The van der Waals surface area contributed by atoms with Gasteiger partial charge in [0.05, 0.1) is 5.52 Å². The molecule has 5 aromatic rings. The fourth-order valence-corrected chi connectivity index (χ4v) is 10.4. The Hall–Kier alpha value is -5.80. The first-order valence-electron chi connectivity index (χ1n) is 20.6. The average Bonchev–Trinajstić information content (AvgIpc) is 3.65. The van der Waals surface area contributed by atoms with Crippen LogP contribution in [-0.2, 0) is 6.42 Å². The molecule has 5 aliphatic rings. The Balaban J connectivity index is 1.05. The van der Waals surface area contributed by atoms with Crippen LogP contribution < -0.4 is 4.90 Å². The molecule has 1 aliphatic heterocycles. The fourth-order valence-electron chi connectivity index (χ4n) is 10.4. The summed E-state index contributed by atoms with van der Waals surface area (Å²) in [5.74, 6) is 1.48. The predicted octanol–water partition coefficient (Wildman–Crippen LogP) is 13.1. The summed E-state index contributed by atoms with van der Waals surface area (Å²) in [7, 11) is 2.15. The molecule has 4 aromatic carbocycles. The lowest BCUT2D eigenvalue weighted by Gasteiger charge is -2.34. The number of para-hydroxylation sites is 2. The number of anilines is 2. The van der Waals surface area contributed by atoms with Crippen LogP contribution in [0.4, 0.5) is 11.4 Å². The standard InChI is InChI=1S/C53H51N3/c1-35-20-27-49-47(29-35)44-26-25-43(32-50(44)53(49,3)4)55(42-17-11-13-38(31-42)39-14-12-28-54(5)34-39)41-23-21-37(22-24-41)46-33-48-45-18-9-10-19-51(45)56(52(48)30-36(46)2)40-15-7-6-8-16-40/h6-25,27-28,31-33,35-36,44H,26,29-30,34H2,1-5H3. The second-order valence-corrected chi connectivity index (χ2v) is 17.3. The van der Waals surface area contributed by atoms with Crippen molar-refractivity contribution in [3.05, 3.63) is 191 Å². The summed E-state index contributed by atoms with van der Waals surface area (Å²) in [4.78, 5) is 4.76. The highest BCUT2D eigenvalue weighted by Crippen LogP contribution is 2.57. The normalized spacial score (nSPS) is 22.2. The molecule has 1 aromatic heterocycles.